The minimum Gasteiger partial charge on any atom is -0.465 e. The molecule has 0 aromatic carbocycles. The van der Waals surface area contributed by atoms with Gasteiger partial charge in [-0.15, -0.1) is 22.7 Å². The Hall–Kier alpha value is -2.96. The SMILES string of the molecule is COC(=O)c1c(NC(=O)c2nn3c(C(F)(F)F)cc(-c4cccs4)nc3c2Cl)sc2c1CC[C@@H](C)C2. The Morgan fingerprint density at radius 3 is 2.78 bits per heavy atom. The van der Waals surface area contributed by atoms with Gasteiger partial charge in [-0.25, -0.2) is 14.3 Å². The van der Waals surface area contributed by atoms with Crippen LogP contribution in [0.4, 0.5) is 18.2 Å². The number of anilines is 1. The second kappa shape index (κ2) is 9.16. The maximum Gasteiger partial charge on any atom is 0.433 e. The number of nitrogens with zero attached hydrogens (tertiary/aromatic N) is 3. The summed E-state index contributed by atoms with van der Waals surface area (Å²) in [4.78, 5) is 31.4. The molecule has 0 aliphatic heterocycles. The van der Waals surface area contributed by atoms with Crippen LogP contribution in [0.1, 0.15) is 50.3 Å². The number of hydrogen-bond donors (Lipinski definition) is 1. The molecule has 1 aliphatic carbocycles. The number of nitrogens with one attached hydrogen (secondary N) is 1. The van der Waals surface area contributed by atoms with Gasteiger partial charge in [-0.1, -0.05) is 24.6 Å². The third-order valence-electron chi connectivity index (χ3n) is 5.94. The first kappa shape index (κ1) is 24.7. The summed E-state index contributed by atoms with van der Waals surface area (Å²) >= 11 is 8.83. The van der Waals surface area contributed by atoms with Crippen molar-refractivity contribution in [3.63, 3.8) is 0 Å². The van der Waals surface area contributed by atoms with Crippen molar-refractivity contribution in [2.45, 2.75) is 32.4 Å². The largest absolute Gasteiger partial charge is 0.465 e. The molecule has 0 saturated carbocycles. The summed E-state index contributed by atoms with van der Waals surface area (Å²) in [7, 11) is 1.25. The Balaban J connectivity index is 1.59. The molecule has 0 spiro atoms. The molecule has 4 aromatic rings. The van der Waals surface area contributed by atoms with E-state index in [9.17, 15) is 22.8 Å². The predicted octanol–water partition coefficient (Wildman–Crippen LogP) is 6.36. The summed E-state index contributed by atoms with van der Waals surface area (Å²) in [5, 5.41) is 8.13. The Morgan fingerprint density at radius 2 is 2.11 bits per heavy atom. The zero-order valence-corrected chi connectivity index (χ0v) is 21.3. The van der Waals surface area contributed by atoms with Crippen molar-refractivity contribution in [2.24, 2.45) is 5.92 Å². The van der Waals surface area contributed by atoms with Crippen molar-refractivity contribution in [3.05, 3.63) is 56.0 Å². The standard InChI is InChI=1S/C23H18ClF3N4O3S2/c1-10-5-6-11-14(8-10)36-21(16(11)22(33)34-2)29-20(32)18-17(24)19-28-12(13-4-3-7-35-13)9-15(23(25,26)27)31(19)30-18/h3-4,7,9-10H,5-6,8H2,1-2H3,(H,29,32)/t10-/m1/s1. The van der Waals surface area contributed by atoms with Crippen LogP contribution in [0.3, 0.4) is 0 Å². The molecule has 0 unspecified atom stereocenters. The van der Waals surface area contributed by atoms with E-state index in [1.54, 1.807) is 17.5 Å². The monoisotopic (exact) mass is 554 g/mol. The maximum absolute atomic E-state index is 13.9. The van der Waals surface area contributed by atoms with Crippen molar-refractivity contribution in [2.75, 3.05) is 12.4 Å². The number of esters is 1. The van der Waals surface area contributed by atoms with Gasteiger partial charge in [-0.3, -0.25) is 4.79 Å². The van der Waals surface area contributed by atoms with E-state index in [0.29, 0.717) is 21.7 Å². The summed E-state index contributed by atoms with van der Waals surface area (Å²) in [6, 6.07) is 4.19. The molecular formula is C23H18ClF3N4O3S2. The van der Waals surface area contributed by atoms with Crippen molar-refractivity contribution < 1.29 is 27.5 Å². The lowest BCUT2D eigenvalue weighted by molar-refractivity contribution is -0.142. The molecule has 0 radical (unpaired) electrons. The van der Waals surface area contributed by atoms with Crippen LogP contribution < -0.4 is 5.32 Å². The molecule has 4 heterocycles. The molecule has 0 fully saturated rings. The smallest absolute Gasteiger partial charge is 0.433 e. The van der Waals surface area contributed by atoms with Crippen molar-refractivity contribution in [1.29, 1.82) is 0 Å². The number of carbonyl (C=O) groups is 2. The number of hydrogen-bond acceptors (Lipinski definition) is 7. The Kier molecular flexibility index (Phi) is 6.29. The summed E-state index contributed by atoms with van der Waals surface area (Å²) in [6.07, 6.45) is -2.48. The highest BCUT2D eigenvalue weighted by Crippen LogP contribution is 2.41. The zero-order chi connectivity index (χ0) is 25.8. The van der Waals surface area contributed by atoms with E-state index in [1.165, 1.54) is 29.8 Å². The van der Waals surface area contributed by atoms with Gasteiger partial charge in [0, 0.05) is 4.88 Å². The number of carbonyl (C=O) groups excluding carboxylic acids is 2. The summed E-state index contributed by atoms with van der Waals surface area (Å²) in [5.41, 5.74) is -0.713. The van der Waals surface area contributed by atoms with E-state index in [0.717, 1.165) is 29.3 Å². The van der Waals surface area contributed by atoms with Gasteiger partial charge in [0.15, 0.2) is 17.0 Å². The molecule has 0 bridgehead atoms. The van der Waals surface area contributed by atoms with Crippen molar-refractivity contribution >= 4 is 56.8 Å². The molecule has 1 N–H and O–H groups in total. The molecule has 36 heavy (non-hydrogen) atoms. The Morgan fingerprint density at radius 1 is 1.33 bits per heavy atom. The lowest BCUT2D eigenvalue weighted by Crippen LogP contribution is -2.17. The van der Waals surface area contributed by atoms with Gasteiger partial charge in [-0.2, -0.15) is 18.3 Å². The van der Waals surface area contributed by atoms with Gasteiger partial charge < -0.3 is 10.1 Å². The third kappa shape index (κ3) is 4.27. The summed E-state index contributed by atoms with van der Waals surface area (Å²) < 4.78 is 47.1. The van der Waals surface area contributed by atoms with Crippen molar-refractivity contribution in [3.8, 4) is 10.6 Å². The highest BCUT2D eigenvalue weighted by Gasteiger charge is 2.37. The van der Waals surface area contributed by atoms with Crippen molar-refractivity contribution in [1.82, 2.24) is 14.6 Å². The van der Waals surface area contributed by atoms with Crippen LogP contribution in [0.15, 0.2) is 23.6 Å². The van der Waals surface area contributed by atoms with E-state index in [-0.39, 0.29) is 26.9 Å². The molecule has 13 heteroatoms. The average Bonchev–Trinajstić information content (AvgIpc) is 3.55. The number of amides is 1. The Bertz CT molecular complexity index is 1490. The zero-order valence-electron chi connectivity index (χ0n) is 18.9. The molecule has 1 atom stereocenters. The van der Waals surface area contributed by atoms with Gasteiger partial charge in [0.25, 0.3) is 5.91 Å². The normalized spacial score (nSPS) is 15.7. The molecule has 4 aromatic heterocycles. The van der Waals surface area contributed by atoms with E-state index >= 15 is 0 Å². The maximum atomic E-state index is 13.9. The topological polar surface area (TPSA) is 85.6 Å². The molecule has 188 valence electrons. The minimum absolute atomic E-state index is 0.0617. The van der Waals surface area contributed by atoms with Crippen LogP contribution in [-0.2, 0) is 23.8 Å². The number of halogens is 4. The van der Waals surface area contributed by atoms with Gasteiger partial charge in [-0.05, 0) is 48.3 Å². The number of alkyl halides is 3. The van der Waals surface area contributed by atoms with E-state index in [1.807, 2.05) is 0 Å². The molecular weight excluding hydrogens is 537 g/mol. The summed E-state index contributed by atoms with van der Waals surface area (Å²) in [6.45, 7) is 2.10. The number of rotatable bonds is 4. The van der Waals surface area contributed by atoms with Crippen LogP contribution >= 0.6 is 34.3 Å². The van der Waals surface area contributed by atoms with Crippen LogP contribution in [0, 0.1) is 5.92 Å². The number of thiophene rings is 2. The van der Waals surface area contributed by atoms with Crippen LogP contribution in [0.25, 0.3) is 16.2 Å². The van der Waals surface area contributed by atoms with Crippen LogP contribution in [0.5, 0.6) is 0 Å². The van der Waals surface area contributed by atoms with Gasteiger partial charge in [0.2, 0.25) is 0 Å². The highest BCUT2D eigenvalue weighted by molar-refractivity contribution is 7.17. The molecule has 5 rings (SSSR count). The second-order valence-electron chi connectivity index (χ2n) is 8.40. The Labute approximate surface area is 215 Å². The quantitative estimate of drug-likeness (QED) is 0.297. The highest BCUT2D eigenvalue weighted by atomic mass is 35.5. The average molecular weight is 555 g/mol. The molecule has 1 amide bonds. The third-order valence-corrected chi connectivity index (χ3v) is 8.35. The fourth-order valence-electron chi connectivity index (χ4n) is 4.21. The first-order valence-electron chi connectivity index (χ1n) is 10.8. The predicted molar refractivity (Wildman–Crippen MR) is 131 cm³/mol. The van der Waals surface area contributed by atoms with E-state index in [2.05, 4.69) is 22.3 Å². The number of ether oxygens (including phenoxy) is 1. The fraction of sp³-hybridized carbons (Fsp3) is 0.304. The first-order chi connectivity index (χ1) is 17.1. The van der Waals surface area contributed by atoms with Crippen LogP contribution in [0.2, 0.25) is 5.02 Å². The van der Waals surface area contributed by atoms with Gasteiger partial charge in [0.05, 0.1) is 23.2 Å². The van der Waals surface area contributed by atoms with E-state index in [4.69, 9.17) is 16.3 Å². The second-order valence-corrected chi connectivity index (χ2v) is 10.8. The molecule has 0 saturated heterocycles. The summed E-state index contributed by atoms with van der Waals surface area (Å²) in [5.74, 6) is -1.03. The number of aromatic nitrogens is 3. The molecule has 7 nitrogen and oxygen atoms in total. The van der Waals surface area contributed by atoms with E-state index < -0.39 is 29.4 Å². The lowest BCUT2D eigenvalue weighted by Gasteiger charge is -2.18. The number of fused-ring (bicyclic) bond motifs is 2. The lowest BCUT2D eigenvalue weighted by atomic mass is 9.88. The minimum atomic E-state index is -4.78. The van der Waals surface area contributed by atoms with Gasteiger partial charge >= 0.3 is 12.1 Å². The fourth-order valence-corrected chi connectivity index (χ4v) is 6.53. The van der Waals surface area contributed by atoms with Gasteiger partial charge in [0.1, 0.15) is 10.0 Å². The van der Waals surface area contributed by atoms with Crippen LogP contribution in [-0.4, -0.2) is 33.6 Å². The first-order valence-corrected chi connectivity index (χ1v) is 12.9. The molecule has 1 aliphatic rings. The number of methoxy groups -OCH3 is 1.